The van der Waals surface area contributed by atoms with Gasteiger partial charge >= 0.3 is 5.97 Å². The highest BCUT2D eigenvalue weighted by molar-refractivity contribution is 7.20. The summed E-state index contributed by atoms with van der Waals surface area (Å²) in [6.45, 7) is -0.556. The lowest BCUT2D eigenvalue weighted by Gasteiger charge is -2.16. The zero-order chi connectivity index (χ0) is 14.7. The van der Waals surface area contributed by atoms with Gasteiger partial charge in [-0.3, -0.25) is 9.59 Å². The summed E-state index contributed by atoms with van der Waals surface area (Å²) in [5, 5.41) is 9.38. The number of thiophene rings is 1. The molecule has 0 saturated carbocycles. The number of aliphatic carboxylic acids is 1. The van der Waals surface area contributed by atoms with E-state index in [-0.39, 0.29) is 12.4 Å². The first kappa shape index (κ1) is 14.0. The third-order valence-electron chi connectivity index (χ3n) is 2.58. The average Bonchev–Trinajstić information content (AvgIpc) is 2.79. The van der Waals surface area contributed by atoms with Crippen molar-refractivity contribution in [2.24, 2.45) is 0 Å². The van der Waals surface area contributed by atoms with Gasteiger partial charge < -0.3 is 10.0 Å². The number of amides is 1. The molecule has 1 aromatic carbocycles. The van der Waals surface area contributed by atoms with E-state index >= 15 is 0 Å². The monoisotopic (exact) mass is 291 g/mol. The Hall–Kier alpha value is -2.39. The van der Waals surface area contributed by atoms with Gasteiger partial charge in [-0.1, -0.05) is 5.92 Å². The molecule has 2 rings (SSSR count). The van der Waals surface area contributed by atoms with Crippen LogP contribution in [0, 0.1) is 18.2 Å². The van der Waals surface area contributed by atoms with Crippen LogP contribution < -0.4 is 0 Å². The Morgan fingerprint density at radius 3 is 2.80 bits per heavy atom. The molecular formula is C14H10FNO3S. The zero-order valence-electron chi connectivity index (χ0n) is 10.3. The molecule has 1 heterocycles. The second kappa shape index (κ2) is 5.72. The van der Waals surface area contributed by atoms with Gasteiger partial charge in [0, 0.05) is 4.70 Å². The quantitative estimate of drug-likeness (QED) is 0.879. The van der Waals surface area contributed by atoms with Crippen LogP contribution >= 0.6 is 11.3 Å². The van der Waals surface area contributed by atoms with Crippen molar-refractivity contribution in [1.29, 1.82) is 0 Å². The fourth-order valence-electron chi connectivity index (χ4n) is 1.75. The first-order valence-electron chi connectivity index (χ1n) is 5.65. The van der Waals surface area contributed by atoms with E-state index in [9.17, 15) is 14.0 Å². The van der Waals surface area contributed by atoms with Crippen LogP contribution in [0.2, 0.25) is 0 Å². The molecule has 1 amide bonds. The van der Waals surface area contributed by atoms with Gasteiger partial charge in [0.15, 0.2) is 0 Å². The van der Waals surface area contributed by atoms with Crippen molar-refractivity contribution in [3.8, 4) is 12.3 Å². The van der Waals surface area contributed by atoms with Gasteiger partial charge in [-0.2, -0.15) is 0 Å². The van der Waals surface area contributed by atoms with Crippen molar-refractivity contribution in [2.45, 2.75) is 0 Å². The number of nitrogens with zero attached hydrogens (tertiary/aromatic N) is 1. The second-order valence-corrected chi connectivity index (χ2v) is 5.14. The largest absolute Gasteiger partial charge is 0.480 e. The molecule has 0 bridgehead atoms. The summed E-state index contributed by atoms with van der Waals surface area (Å²) in [5.74, 6) is 0.261. The minimum absolute atomic E-state index is 0.0895. The van der Waals surface area contributed by atoms with Crippen LogP contribution in [-0.2, 0) is 4.79 Å². The molecule has 0 saturated heterocycles. The number of hydrogen-bond acceptors (Lipinski definition) is 3. The van der Waals surface area contributed by atoms with Gasteiger partial charge in [-0.25, -0.2) is 4.39 Å². The van der Waals surface area contributed by atoms with Gasteiger partial charge in [-0.15, -0.1) is 17.8 Å². The summed E-state index contributed by atoms with van der Waals surface area (Å²) in [7, 11) is 0. The number of terminal acetylenes is 1. The van der Waals surface area contributed by atoms with Crippen LogP contribution in [0.1, 0.15) is 9.67 Å². The molecule has 0 aliphatic heterocycles. The van der Waals surface area contributed by atoms with Crippen molar-refractivity contribution in [1.82, 2.24) is 4.90 Å². The number of carboxylic acid groups (broad SMARTS) is 1. The van der Waals surface area contributed by atoms with Gasteiger partial charge in [0.1, 0.15) is 12.4 Å². The number of benzene rings is 1. The molecule has 2 aromatic rings. The first-order chi connectivity index (χ1) is 9.51. The van der Waals surface area contributed by atoms with Crippen LogP contribution in [0.15, 0.2) is 24.3 Å². The molecule has 1 N–H and O–H groups in total. The molecule has 0 radical (unpaired) electrons. The van der Waals surface area contributed by atoms with E-state index in [1.54, 1.807) is 6.07 Å². The van der Waals surface area contributed by atoms with Gasteiger partial charge in [-0.05, 0) is 29.7 Å². The van der Waals surface area contributed by atoms with Gasteiger partial charge in [0.2, 0.25) is 0 Å². The highest BCUT2D eigenvalue weighted by Gasteiger charge is 2.19. The lowest BCUT2D eigenvalue weighted by Crippen LogP contribution is -2.35. The van der Waals surface area contributed by atoms with Crippen LogP contribution in [0.25, 0.3) is 10.1 Å². The molecule has 4 nitrogen and oxygen atoms in total. The molecule has 102 valence electrons. The third kappa shape index (κ3) is 2.95. The Balaban J connectivity index is 2.33. The fourth-order valence-corrected chi connectivity index (χ4v) is 2.76. The first-order valence-corrected chi connectivity index (χ1v) is 6.46. The Bertz CT molecular complexity index is 717. The maximum atomic E-state index is 13.1. The lowest BCUT2D eigenvalue weighted by molar-refractivity contribution is -0.137. The number of halogens is 1. The highest BCUT2D eigenvalue weighted by Crippen LogP contribution is 2.27. The Labute approximate surface area is 118 Å². The molecule has 0 aliphatic rings. The minimum Gasteiger partial charge on any atom is -0.480 e. The van der Waals surface area contributed by atoms with E-state index in [1.807, 2.05) is 0 Å². The van der Waals surface area contributed by atoms with E-state index in [1.165, 1.54) is 29.5 Å². The van der Waals surface area contributed by atoms with Crippen molar-refractivity contribution in [2.75, 3.05) is 13.1 Å². The fraction of sp³-hybridized carbons (Fsp3) is 0.143. The highest BCUT2D eigenvalue weighted by atomic mass is 32.1. The Morgan fingerprint density at radius 1 is 1.40 bits per heavy atom. The van der Waals surface area contributed by atoms with E-state index < -0.39 is 18.4 Å². The topological polar surface area (TPSA) is 57.6 Å². The second-order valence-electron chi connectivity index (χ2n) is 4.05. The summed E-state index contributed by atoms with van der Waals surface area (Å²) in [6, 6.07) is 5.75. The van der Waals surface area contributed by atoms with E-state index in [0.717, 1.165) is 9.60 Å². The summed E-state index contributed by atoms with van der Waals surface area (Å²) < 4.78 is 13.9. The average molecular weight is 291 g/mol. The maximum absolute atomic E-state index is 13.1. The number of hydrogen-bond donors (Lipinski definition) is 1. The SMILES string of the molecule is C#CCN(CC(=O)O)C(=O)c1cc2cc(F)ccc2s1. The molecular weight excluding hydrogens is 281 g/mol. The van der Waals surface area contributed by atoms with E-state index in [4.69, 9.17) is 11.5 Å². The van der Waals surface area contributed by atoms with Crippen molar-refractivity contribution < 1.29 is 19.1 Å². The lowest BCUT2D eigenvalue weighted by atomic mass is 10.2. The van der Waals surface area contributed by atoms with Crippen LogP contribution in [0.5, 0.6) is 0 Å². The van der Waals surface area contributed by atoms with Crippen LogP contribution in [-0.4, -0.2) is 35.0 Å². The molecule has 20 heavy (non-hydrogen) atoms. The Kier molecular flexibility index (Phi) is 4.01. The maximum Gasteiger partial charge on any atom is 0.323 e. The summed E-state index contributed by atoms with van der Waals surface area (Å²) >= 11 is 1.18. The predicted octanol–water partition coefficient (Wildman–Crippen LogP) is 2.20. The standard InChI is InChI=1S/C14H10FNO3S/c1-2-5-16(8-13(17)18)14(19)12-7-9-6-10(15)3-4-11(9)20-12/h1,3-4,6-7H,5,8H2,(H,17,18). The summed E-state index contributed by atoms with van der Waals surface area (Å²) in [6.07, 6.45) is 5.13. The zero-order valence-corrected chi connectivity index (χ0v) is 11.1. The molecule has 0 aliphatic carbocycles. The number of rotatable bonds is 4. The van der Waals surface area contributed by atoms with Gasteiger partial charge in [0.05, 0.1) is 11.4 Å². The number of carboxylic acids is 1. The predicted molar refractivity (Wildman–Crippen MR) is 74.2 cm³/mol. The normalized spacial score (nSPS) is 10.2. The smallest absolute Gasteiger partial charge is 0.323 e. The Morgan fingerprint density at radius 2 is 2.15 bits per heavy atom. The number of fused-ring (bicyclic) bond motifs is 1. The van der Waals surface area contributed by atoms with E-state index in [2.05, 4.69) is 5.92 Å². The van der Waals surface area contributed by atoms with Crippen LogP contribution in [0.4, 0.5) is 4.39 Å². The minimum atomic E-state index is -1.14. The van der Waals surface area contributed by atoms with Crippen molar-refractivity contribution in [3.63, 3.8) is 0 Å². The molecule has 1 aromatic heterocycles. The third-order valence-corrected chi connectivity index (χ3v) is 3.69. The summed E-state index contributed by atoms with van der Waals surface area (Å²) in [5.41, 5.74) is 0. The number of carbonyl (C=O) groups excluding carboxylic acids is 1. The van der Waals surface area contributed by atoms with Crippen molar-refractivity contribution in [3.05, 3.63) is 35.0 Å². The van der Waals surface area contributed by atoms with Crippen molar-refractivity contribution >= 4 is 33.3 Å². The molecule has 0 unspecified atom stereocenters. The molecule has 0 atom stereocenters. The van der Waals surface area contributed by atoms with Gasteiger partial charge in [0.25, 0.3) is 5.91 Å². The summed E-state index contributed by atoms with van der Waals surface area (Å²) in [4.78, 5) is 24.3. The molecule has 0 spiro atoms. The molecule has 0 fully saturated rings. The van der Waals surface area contributed by atoms with E-state index in [0.29, 0.717) is 10.3 Å². The number of carbonyl (C=O) groups is 2. The molecule has 6 heteroatoms. The van der Waals surface area contributed by atoms with Crippen LogP contribution in [0.3, 0.4) is 0 Å².